The monoisotopic (exact) mass is 402 g/mol. The Bertz CT molecular complexity index is 706. The van der Waals surface area contributed by atoms with Gasteiger partial charge in [0, 0.05) is 52.0 Å². The summed E-state index contributed by atoms with van der Waals surface area (Å²) in [4.78, 5) is 31.9. The van der Waals surface area contributed by atoms with Crippen LogP contribution in [0.5, 0.6) is 0 Å². The van der Waals surface area contributed by atoms with Crippen LogP contribution in [0, 0.1) is 5.92 Å². The van der Waals surface area contributed by atoms with E-state index in [4.69, 9.17) is 0 Å². The second-order valence-electron chi connectivity index (χ2n) is 8.82. The molecule has 1 aromatic heterocycles. The maximum Gasteiger partial charge on any atom is 0.238 e. The Hall–Kier alpha value is -1.93. The van der Waals surface area contributed by atoms with Gasteiger partial charge in [-0.05, 0) is 45.1 Å². The molecule has 1 aromatic rings. The highest BCUT2D eigenvalue weighted by atomic mass is 16.2. The summed E-state index contributed by atoms with van der Waals surface area (Å²) in [6, 6.07) is 0.543. The number of nitrogens with zero attached hydrogens (tertiary/aromatic N) is 5. The molecule has 3 saturated heterocycles. The van der Waals surface area contributed by atoms with E-state index >= 15 is 0 Å². The van der Waals surface area contributed by atoms with E-state index in [0.29, 0.717) is 18.5 Å². The van der Waals surface area contributed by atoms with Crippen molar-refractivity contribution in [2.24, 2.45) is 13.0 Å². The van der Waals surface area contributed by atoms with Crippen molar-refractivity contribution in [3.8, 4) is 0 Å². The van der Waals surface area contributed by atoms with Crippen LogP contribution in [0.15, 0.2) is 12.4 Å². The fourth-order valence-electron chi connectivity index (χ4n) is 5.07. The summed E-state index contributed by atoms with van der Waals surface area (Å²) in [7, 11) is 1.84. The zero-order valence-electron chi connectivity index (χ0n) is 17.6. The van der Waals surface area contributed by atoms with E-state index in [0.717, 1.165) is 83.5 Å². The molecule has 3 aliphatic rings. The quantitative estimate of drug-likeness (QED) is 0.800. The molecule has 4 heterocycles. The summed E-state index contributed by atoms with van der Waals surface area (Å²) in [6.07, 6.45) is 10.1. The molecule has 1 atom stereocenters. The third kappa shape index (κ3) is 5.17. The highest BCUT2D eigenvalue weighted by Crippen LogP contribution is 2.26. The van der Waals surface area contributed by atoms with Crippen molar-refractivity contribution in [1.82, 2.24) is 24.5 Å². The lowest BCUT2D eigenvalue weighted by atomic mass is 9.93. The van der Waals surface area contributed by atoms with Gasteiger partial charge in [-0.1, -0.05) is 0 Å². The van der Waals surface area contributed by atoms with E-state index in [2.05, 4.69) is 25.1 Å². The predicted molar refractivity (Wildman–Crippen MR) is 111 cm³/mol. The van der Waals surface area contributed by atoms with Crippen LogP contribution in [-0.2, 0) is 16.6 Å². The summed E-state index contributed by atoms with van der Waals surface area (Å²) in [6.45, 7) is 6.23. The zero-order valence-corrected chi connectivity index (χ0v) is 17.6. The number of rotatable bonds is 5. The third-order valence-corrected chi connectivity index (χ3v) is 6.65. The van der Waals surface area contributed by atoms with Crippen LogP contribution in [-0.4, -0.2) is 88.1 Å². The highest BCUT2D eigenvalue weighted by Gasteiger charge is 2.34. The number of piperidine rings is 2. The lowest BCUT2D eigenvalue weighted by Gasteiger charge is -2.42. The Labute approximate surface area is 173 Å². The summed E-state index contributed by atoms with van der Waals surface area (Å²) >= 11 is 0. The van der Waals surface area contributed by atoms with E-state index in [1.807, 2.05) is 7.05 Å². The SMILES string of the molecule is Cn1cc(NC(=O)CN2CCC(N3CCCC(C(=O)N4CCCC4)C3)CC2)cn1. The van der Waals surface area contributed by atoms with E-state index in [1.54, 1.807) is 17.1 Å². The summed E-state index contributed by atoms with van der Waals surface area (Å²) < 4.78 is 1.68. The van der Waals surface area contributed by atoms with Gasteiger partial charge in [0.2, 0.25) is 11.8 Å². The average molecular weight is 403 g/mol. The number of carbonyl (C=O) groups excluding carboxylic acids is 2. The van der Waals surface area contributed by atoms with Gasteiger partial charge in [-0.15, -0.1) is 0 Å². The number of carbonyl (C=O) groups is 2. The molecule has 3 aliphatic heterocycles. The molecular weight excluding hydrogens is 368 g/mol. The molecule has 4 rings (SSSR count). The van der Waals surface area contributed by atoms with Gasteiger partial charge in [-0.25, -0.2) is 0 Å². The Balaban J connectivity index is 1.21. The van der Waals surface area contributed by atoms with Crippen LogP contribution in [0.3, 0.4) is 0 Å². The molecular formula is C21H34N6O2. The minimum atomic E-state index is 0.0192. The first kappa shape index (κ1) is 20.3. The molecule has 0 aromatic carbocycles. The van der Waals surface area contributed by atoms with Crippen LogP contribution in [0.4, 0.5) is 5.69 Å². The number of aryl methyl sites for hydroxylation is 1. The van der Waals surface area contributed by atoms with Crippen molar-refractivity contribution < 1.29 is 9.59 Å². The first-order valence-corrected chi connectivity index (χ1v) is 11.1. The lowest BCUT2D eigenvalue weighted by Crippen LogP contribution is -2.51. The van der Waals surface area contributed by atoms with Crippen molar-refractivity contribution >= 4 is 17.5 Å². The molecule has 0 aliphatic carbocycles. The normalized spacial score (nSPS) is 24.7. The van der Waals surface area contributed by atoms with Gasteiger partial charge >= 0.3 is 0 Å². The summed E-state index contributed by atoms with van der Waals surface area (Å²) in [5.74, 6) is 0.590. The number of amides is 2. The molecule has 2 amide bonds. The van der Waals surface area contributed by atoms with Crippen LogP contribution < -0.4 is 5.32 Å². The predicted octanol–water partition coefficient (Wildman–Crippen LogP) is 1.16. The van der Waals surface area contributed by atoms with E-state index in [9.17, 15) is 9.59 Å². The maximum atomic E-state index is 12.8. The Morgan fingerprint density at radius 1 is 1.07 bits per heavy atom. The first-order chi connectivity index (χ1) is 14.1. The Morgan fingerprint density at radius 3 is 2.52 bits per heavy atom. The zero-order chi connectivity index (χ0) is 20.2. The van der Waals surface area contributed by atoms with Gasteiger partial charge in [0.25, 0.3) is 0 Å². The van der Waals surface area contributed by atoms with Gasteiger partial charge in [-0.2, -0.15) is 5.10 Å². The minimum Gasteiger partial charge on any atom is -0.342 e. The highest BCUT2D eigenvalue weighted by molar-refractivity contribution is 5.91. The minimum absolute atomic E-state index is 0.0192. The smallest absolute Gasteiger partial charge is 0.238 e. The molecule has 1 unspecified atom stereocenters. The van der Waals surface area contributed by atoms with Crippen LogP contribution in [0.2, 0.25) is 0 Å². The maximum absolute atomic E-state index is 12.8. The Morgan fingerprint density at radius 2 is 1.83 bits per heavy atom. The lowest BCUT2D eigenvalue weighted by molar-refractivity contribution is -0.136. The van der Waals surface area contributed by atoms with E-state index < -0.39 is 0 Å². The number of aromatic nitrogens is 2. The molecule has 0 spiro atoms. The third-order valence-electron chi connectivity index (χ3n) is 6.65. The molecule has 8 heteroatoms. The van der Waals surface area contributed by atoms with E-state index in [-0.39, 0.29) is 11.8 Å². The van der Waals surface area contributed by atoms with Crippen LogP contribution in [0.1, 0.15) is 38.5 Å². The number of nitrogens with one attached hydrogen (secondary N) is 1. The number of hydrogen-bond donors (Lipinski definition) is 1. The molecule has 1 N–H and O–H groups in total. The summed E-state index contributed by atoms with van der Waals surface area (Å²) in [5.41, 5.74) is 0.745. The summed E-state index contributed by atoms with van der Waals surface area (Å²) in [5, 5.41) is 6.99. The average Bonchev–Trinajstić information content (AvgIpc) is 3.40. The fraction of sp³-hybridized carbons (Fsp3) is 0.762. The van der Waals surface area contributed by atoms with Crippen molar-refractivity contribution in [2.75, 3.05) is 51.1 Å². The van der Waals surface area contributed by atoms with Crippen LogP contribution in [0.25, 0.3) is 0 Å². The van der Waals surface area contributed by atoms with Gasteiger partial charge < -0.3 is 10.2 Å². The van der Waals surface area contributed by atoms with E-state index in [1.165, 1.54) is 0 Å². The molecule has 29 heavy (non-hydrogen) atoms. The van der Waals surface area contributed by atoms with Gasteiger partial charge in [0.1, 0.15) is 0 Å². The number of hydrogen-bond acceptors (Lipinski definition) is 5. The second kappa shape index (κ2) is 9.26. The molecule has 8 nitrogen and oxygen atoms in total. The van der Waals surface area contributed by atoms with Crippen molar-refractivity contribution in [2.45, 2.75) is 44.6 Å². The Kier molecular flexibility index (Phi) is 6.50. The van der Waals surface area contributed by atoms with Crippen LogP contribution >= 0.6 is 0 Å². The molecule has 0 saturated carbocycles. The largest absolute Gasteiger partial charge is 0.342 e. The molecule has 160 valence electrons. The van der Waals surface area contributed by atoms with Gasteiger partial charge in [-0.3, -0.25) is 24.1 Å². The van der Waals surface area contributed by atoms with Gasteiger partial charge in [0.15, 0.2) is 0 Å². The number of likely N-dealkylation sites (tertiary alicyclic amines) is 3. The molecule has 0 radical (unpaired) electrons. The second-order valence-corrected chi connectivity index (χ2v) is 8.82. The standard InChI is InChI=1S/C21H34N6O2/c1-24-15-18(13-22-24)23-20(28)16-25-11-6-19(7-12-25)27-10-4-5-17(14-27)21(29)26-8-2-3-9-26/h13,15,17,19H,2-12,14,16H2,1H3,(H,23,28). The molecule has 0 bridgehead atoms. The molecule has 3 fully saturated rings. The van der Waals surface area contributed by atoms with Crippen molar-refractivity contribution in [3.63, 3.8) is 0 Å². The van der Waals surface area contributed by atoms with Crippen molar-refractivity contribution in [3.05, 3.63) is 12.4 Å². The topological polar surface area (TPSA) is 73.7 Å². The van der Waals surface area contributed by atoms with Gasteiger partial charge in [0.05, 0.1) is 24.3 Å². The first-order valence-electron chi connectivity index (χ1n) is 11.1. The number of anilines is 1. The fourth-order valence-corrected chi connectivity index (χ4v) is 5.07. The van der Waals surface area contributed by atoms with Crippen molar-refractivity contribution in [1.29, 1.82) is 0 Å².